The molecule has 0 bridgehead atoms. The maximum absolute atomic E-state index is 13.4. The lowest BCUT2D eigenvalue weighted by atomic mass is 9.97. The van der Waals surface area contributed by atoms with Crippen LogP contribution in [0.15, 0.2) is 0 Å². The fraction of sp³-hybridized carbons (Fsp3) is 0.987. The molecule has 2 fully saturated rings. The number of rotatable bonds is 68. The van der Waals surface area contributed by atoms with Gasteiger partial charge in [-0.25, -0.2) is 0 Å². The first kappa shape index (κ1) is 86.1. The van der Waals surface area contributed by atoms with Crippen LogP contribution in [0.25, 0.3) is 0 Å². The van der Waals surface area contributed by atoms with Crippen LogP contribution in [0.5, 0.6) is 0 Å². The van der Waals surface area contributed by atoms with Gasteiger partial charge in [0.05, 0.1) is 32.0 Å². The number of carbonyl (C=O) groups excluding carboxylic acids is 1. The largest absolute Gasteiger partial charge is 0.394 e. The van der Waals surface area contributed by atoms with Crippen LogP contribution in [0.1, 0.15) is 393 Å². The smallest absolute Gasteiger partial charge is 0.220 e. The highest BCUT2D eigenvalue weighted by Crippen LogP contribution is 2.31. The quantitative estimate of drug-likeness (QED) is 0.0259. The molecular formula is C77H151NO13. The first-order valence-electron chi connectivity index (χ1n) is 39.8. The molecular weight excluding hydrogens is 1150 g/mol. The summed E-state index contributed by atoms with van der Waals surface area (Å²) in [6.45, 7) is 2.93. The Morgan fingerprint density at radius 1 is 0.352 bits per heavy atom. The number of hydrogen-bond acceptors (Lipinski definition) is 13. The second kappa shape index (κ2) is 62.5. The van der Waals surface area contributed by atoms with Crippen LogP contribution in [0, 0.1) is 0 Å². The predicted molar refractivity (Wildman–Crippen MR) is 374 cm³/mol. The van der Waals surface area contributed by atoms with E-state index in [2.05, 4.69) is 19.2 Å². The molecule has 0 spiro atoms. The third kappa shape index (κ3) is 46.0. The van der Waals surface area contributed by atoms with Crippen LogP contribution in [-0.4, -0.2) is 140 Å². The summed E-state index contributed by atoms with van der Waals surface area (Å²) in [5, 5.41) is 87.7. The molecule has 1 amide bonds. The molecule has 12 atom stereocenters. The molecule has 0 aromatic rings. The van der Waals surface area contributed by atoms with Crippen LogP contribution in [0.4, 0.5) is 0 Å². The van der Waals surface area contributed by atoms with Gasteiger partial charge in [0.2, 0.25) is 5.91 Å². The zero-order valence-electron chi connectivity index (χ0n) is 59.4. The fourth-order valence-electron chi connectivity index (χ4n) is 13.8. The monoisotopic (exact) mass is 1300 g/mol. The molecule has 14 nitrogen and oxygen atoms in total. The van der Waals surface area contributed by atoms with E-state index in [0.717, 1.165) is 51.4 Å². The topological polar surface area (TPSA) is 228 Å². The number of nitrogens with one attached hydrogen (secondary N) is 1. The van der Waals surface area contributed by atoms with E-state index in [0.29, 0.717) is 12.8 Å². The van der Waals surface area contributed by atoms with E-state index >= 15 is 0 Å². The molecule has 0 aromatic carbocycles. The molecule has 0 aromatic heterocycles. The van der Waals surface area contributed by atoms with Gasteiger partial charge in [0.1, 0.15) is 48.8 Å². The van der Waals surface area contributed by atoms with Gasteiger partial charge in [-0.1, -0.05) is 373 Å². The molecule has 0 radical (unpaired) electrons. The normalized spacial score (nSPS) is 22.7. The first-order chi connectivity index (χ1) is 44.6. The van der Waals surface area contributed by atoms with Crippen LogP contribution >= 0.6 is 0 Å². The van der Waals surface area contributed by atoms with E-state index in [-0.39, 0.29) is 12.5 Å². The average Bonchev–Trinajstić information content (AvgIpc) is 1.19. The Hall–Kier alpha value is -1.01. The first-order valence-corrected chi connectivity index (χ1v) is 39.8. The Bertz CT molecular complexity index is 1530. The number of ether oxygens (including phenoxy) is 4. The summed E-state index contributed by atoms with van der Waals surface area (Å²) >= 11 is 0. The van der Waals surface area contributed by atoms with Gasteiger partial charge in [0.25, 0.3) is 0 Å². The summed E-state index contributed by atoms with van der Waals surface area (Å²) in [5.41, 5.74) is 0. The van der Waals surface area contributed by atoms with E-state index < -0.39 is 86.8 Å². The number of unbranched alkanes of at least 4 members (excludes halogenated alkanes) is 55. The van der Waals surface area contributed by atoms with Gasteiger partial charge < -0.3 is 65.1 Å². The summed E-state index contributed by atoms with van der Waals surface area (Å²) in [6.07, 6.45) is 60.2. The Labute approximate surface area is 559 Å². The van der Waals surface area contributed by atoms with E-state index in [1.165, 1.54) is 315 Å². The van der Waals surface area contributed by atoms with Crippen molar-refractivity contribution in [3.05, 3.63) is 0 Å². The summed E-state index contributed by atoms with van der Waals surface area (Å²) < 4.78 is 23.0. The number of carbonyl (C=O) groups is 1. The van der Waals surface area contributed by atoms with Crippen molar-refractivity contribution in [2.75, 3.05) is 19.8 Å². The number of amides is 1. The van der Waals surface area contributed by atoms with Crippen molar-refractivity contribution < 1.29 is 64.6 Å². The summed E-state index contributed by atoms with van der Waals surface area (Å²) in [4.78, 5) is 13.4. The predicted octanol–water partition coefficient (Wildman–Crippen LogP) is 17.5. The Balaban J connectivity index is 1.54. The lowest BCUT2D eigenvalue weighted by Gasteiger charge is -2.46. The number of hydrogen-bond donors (Lipinski definition) is 9. The second-order valence-electron chi connectivity index (χ2n) is 28.6. The molecule has 542 valence electrons. The van der Waals surface area contributed by atoms with Gasteiger partial charge in [0.15, 0.2) is 12.6 Å². The molecule has 2 heterocycles. The van der Waals surface area contributed by atoms with Crippen molar-refractivity contribution in [3.8, 4) is 0 Å². The highest BCUT2D eigenvalue weighted by Gasteiger charge is 2.51. The lowest BCUT2D eigenvalue weighted by molar-refractivity contribution is -0.359. The minimum atomic E-state index is -1.78. The van der Waals surface area contributed by atoms with E-state index in [9.17, 15) is 45.6 Å². The minimum absolute atomic E-state index is 0.196. The van der Waals surface area contributed by atoms with Crippen molar-refractivity contribution in [2.24, 2.45) is 0 Å². The molecule has 9 N–H and O–H groups in total. The highest BCUT2D eigenvalue weighted by atomic mass is 16.7. The van der Waals surface area contributed by atoms with E-state index in [1.54, 1.807) is 0 Å². The van der Waals surface area contributed by atoms with Gasteiger partial charge >= 0.3 is 0 Å². The zero-order valence-corrected chi connectivity index (χ0v) is 59.4. The van der Waals surface area contributed by atoms with Gasteiger partial charge in [-0.15, -0.1) is 0 Å². The second-order valence-corrected chi connectivity index (χ2v) is 28.6. The molecule has 12 unspecified atom stereocenters. The third-order valence-electron chi connectivity index (χ3n) is 20.1. The Morgan fingerprint density at radius 2 is 0.626 bits per heavy atom. The van der Waals surface area contributed by atoms with Crippen LogP contribution in [0.2, 0.25) is 0 Å². The summed E-state index contributed by atoms with van der Waals surface area (Å²) in [6, 6.07) is -0.824. The summed E-state index contributed by atoms with van der Waals surface area (Å²) in [5.74, 6) is -0.196. The van der Waals surface area contributed by atoms with Crippen LogP contribution in [-0.2, 0) is 23.7 Å². The third-order valence-corrected chi connectivity index (χ3v) is 20.1. The lowest BCUT2D eigenvalue weighted by Crippen LogP contribution is -2.65. The van der Waals surface area contributed by atoms with Crippen molar-refractivity contribution in [3.63, 3.8) is 0 Å². The molecule has 0 aliphatic carbocycles. The molecule has 2 aliphatic heterocycles. The van der Waals surface area contributed by atoms with Gasteiger partial charge in [-0.3, -0.25) is 4.79 Å². The SMILES string of the molecule is CCCCCCCCCCCCCCCCCCCCCCCCCCCCCCCCCCCCCCCCCC(=O)NC(COC1OC(CO)C(OC2OC(CO)C(O)C(O)C2O)C(O)C1O)C(O)CCCCCCCCCCCCCCCCCCCC. The van der Waals surface area contributed by atoms with Crippen LogP contribution in [0.3, 0.4) is 0 Å². The fourth-order valence-corrected chi connectivity index (χ4v) is 13.8. The maximum atomic E-state index is 13.4. The Kier molecular flexibility index (Phi) is 59.1. The molecule has 14 heteroatoms. The van der Waals surface area contributed by atoms with Crippen molar-refractivity contribution in [1.29, 1.82) is 0 Å². The van der Waals surface area contributed by atoms with Crippen molar-refractivity contribution in [1.82, 2.24) is 5.32 Å². The van der Waals surface area contributed by atoms with Gasteiger partial charge in [-0.2, -0.15) is 0 Å². The molecule has 2 aliphatic rings. The zero-order chi connectivity index (χ0) is 65.9. The standard InChI is InChI=1S/C77H151NO13/c1-3-5-7-9-11-13-15-17-19-21-23-24-25-26-27-28-29-30-31-32-33-34-35-36-37-38-39-40-41-42-43-45-47-49-51-53-55-57-59-61-69(82)78-65(66(81)60-58-56-54-52-50-48-46-44-22-20-18-16-14-12-10-8-6-4-2)64-88-76-74(87)72(85)75(68(63-80)90-76)91-77-73(86)71(84)70(83)67(62-79)89-77/h65-68,70-77,79-81,83-87H,3-64H2,1-2H3,(H,78,82). The molecule has 2 saturated heterocycles. The minimum Gasteiger partial charge on any atom is -0.394 e. The average molecular weight is 1300 g/mol. The van der Waals surface area contributed by atoms with Crippen molar-refractivity contribution >= 4 is 5.91 Å². The van der Waals surface area contributed by atoms with E-state index in [4.69, 9.17) is 18.9 Å². The Morgan fingerprint density at radius 3 is 0.934 bits per heavy atom. The summed E-state index contributed by atoms with van der Waals surface area (Å²) in [7, 11) is 0. The van der Waals surface area contributed by atoms with Gasteiger partial charge in [-0.05, 0) is 12.8 Å². The number of aliphatic hydroxyl groups excluding tert-OH is 8. The molecule has 91 heavy (non-hydrogen) atoms. The molecule has 2 rings (SSSR count). The van der Waals surface area contributed by atoms with Gasteiger partial charge in [0, 0.05) is 6.42 Å². The maximum Gasteiger partial charge on any atom is 0.220 e. The van der Waals surface area contributed by atoms with E-state index in [1.807, 2.05) is 0 Å². The molecule has 0 saturated carbocycles. The highest BCUT2D eigenvalue weighted by molar-refractivity contribution is 5.76. The van der Waals surface area contributed by atoms with Crippen molar-refractivity contribution in [2.45, 2.75) is 466 Å². The number of aliphatic hydroxyl groups is 8. The van der Waals surface area contributed by atoms with Crippen LogP contribution < -0.4 is 5.32 Å².